The van der Waals surface area contributed by atoms with E-state index in [1.165, 1.54) is 19.3 Å². The summed E-state index contributed by atoms with van der Waals surface area (Å²) >= 11 is 0. The van der Waals surface area contributed by atoms with Crippen molar-refractivity contribution >= 4 is 35.8 Å². The Labute approximate surface area is 191 Å². The van der Waals surface area contributed by atoms with E-state index in [-0.39, 0.29) is 35.9 Å². The fraction of sp³-hybridized carbons (Fsp3) is 0.714. The van der Waals surface area contributed by atoms with Gasteiger partial charge in [-0.15, -0.1) is 24.0 Å². The molecule has 164 valence electrons. The van der Waals surface area contributed by atoms with Gasteiger partial charge in [0.15, 0.2) is 5.96 Å². The van der Waals surface area contributed by atoms with E-state index in [0.717, 1.165) is 57.0 Å². The molecular formula is C21H35IN4O3. The fourth-order valence-electron chi connectivity index (χ4n) is 4.02. The van der Waals surface area contributed by atoms with E-state index < -0.39 is 0 Å². The number of carbonyl (C=O) groups excluding carboxylic acids is 1. The lowest BCUT2D eigenvalue weighted by atomic mass is 9.88. The molecule has 1 amide bonds. The molecule has 2 heterocycles. The highest BCUT2D eigenvalue weighted by molar-refractivity contribution is 14.0. The number of furan rings is 1. The van der Waals surface area contributed by atoms with Gasteiger partial charge in [-0.05, 0) is 37.8 Å². The maximum atomic E-state index is 12.7. The van der Waals surface area contributed by atoms with E-state index >= 15 is 0 Å². The van der Waals surface area contributed by atoms with Crippen LogP contribution < -0.4 is 10.6 Å². The zero-order valence-corrected chi connectivity index (χ0v) is 19.7. The molecule has 1 aliphatic heterocycles. The van der Waals surface area contributed by atoms with Crippen LogP contribution in [0.3, 0.4) is 0 Å². The first-order valence-corrected chi connectivity index (χ1v) is 10.6. The molecule has 1 saturated heterocycles. The first kappa shape index (κ1) is 24.0. The Hall–Kier alpha value is -1.29. The number of rotatable bonds is 8. The van der Waals surface area contributed by atoms with E-state index in [9.17, 15) is 4.79 Å². The lowest BCUT2D eigenvalue weighted by molar-refractivity contribution is -0.135. The van der Waals surface area contributed by atoms with Gasteiger partial charge in [0.1, 0.15) is 12.4 Å². The molecule has 0 bridgehead atoms. The maximum Gasteiger partial charge on any atom is 0.225 e. The van der Waals surface area contributed by atoms with E-state index in [1.54, 1.807) is 13.3 Å². The average molecular weight is 518 g/mol. The number of aliphatic imine (C=N–C) groups is 1. The van der Waals surface area contributed by atoms with Crippen LogP contribution in [0.1, 0.15) is 50.7 Å². The number of halogens is 1. The van der Waals surface area contributed by atoms with Gasteiger partial charge >= 0.3 is 0 Å². The minimum Gasteiger partial charge on any atom is -0.467 e. The second-order valence-corrected chi connectivity index (χ2v) is 7.73. The topological polar surface area (TPSA) is 79.1 Å². The smallest absolute Gasteiger partial charge is 0.225 e. The quantitative estimate of drug-likeness (QED) is 0.239. The van der Waals surface area contributed by atoms with Crippen molar-refractivity contribution in [1.82, 2.24) is 15.5 Å². The molecular weight excluding hydrogens is 483 g/mol. The SMILES string of the molecule is CN=C(NCCCOCc1ccco1)NC1CCN(C(=O)C2CCCCC2)C1.I. The van der Waals surface area contributed by atoms with Crippen LogP contribution in [0.2, 0.25) is 0 Å². The van der Waals surface area contributed by atoms with Gasteiger partial charge in [0.2, 0.25) is 5.91 Å². The Balaban J connectivity index is 0.00000300. The third-order valence-corrected chi connectivity index (χ3v) is 5.60. The Morgan fingerprint density at radius 2 is 2.14 bits per heavy atom. The van der Waals surface area contributed by atoms with E-state index in [2.05, 4.69) is 15.6 Å². The van der Waals surface area contributed by atoms with Gasteiger partial charge in [0.25, 0.3) is 0 Å². The van der Waals surface area contributed by atoms with Crippen molar-refractivity contribution in [3.8, 4) is 0 Å². The maximum absolute atomic E-state index is 12.7. The van der Waals surface area contributed by atoms with E-state index in [0.29, 0.717) is 19.1 Å². The van der Waals surface area contributed by atoms with Crippen LogP contribution in [-0.2, 0) is 16.1 Å². The molecule has 29 heavy (non-hydrogen) atoms. The van der Waals surface area contributed by atoms with Gasteiger partial charge in [-0.1, -0.05) is 19.3 Å². The highest BCUT2D eigenvalue weighted by Gasteiger charge is 2.31. The van der Waals surface area contributed by atoms with Gasteiger partial charge in [0, 0.05) is 45.2 Å². The summed E-state index contributed by atoms with van der Waals surface area (Å²) in [6.07, 6.45) is 9.34. The number of likely N-dealkylation sites (tertiary alicyclic amines) is 1. The standard InChI is InChI=1S/C21H34N4O3.HI/c1-22-21(23-11-6-13-27-16-19-9-5-14-28-19)24-18-10-12-25(15-18)20(26)17-7-3-2-4-8-17;/h5,9,14,17-18H,2-4,6-8,10-13,15-16H2,1H3,(H2,22,23,24);1H. The molecule has 1 unspecified atom stereocenters. The summed E-state index contributed by atoms with van der Waals surface area (Å²) in [7, 11) is 1.78. The second-order valence-electron chi connectivity index (χ2n) is 7.73. The fourth-order valence-corrected chi connectivity index (χ4v) is 4.02. The lowest BCUT2D eigenvalue weighted by Gasteiger charge is -2.26. The minimum atomic E-state index is 0. The predicted molar refractivity (Wildman–Crippen MR) is 124 cm³/mol. The highest BCUT2D eigenvalue weighted by atomic mass is 127. The molecule has 1 aromatic heterocycles. The van der Waals surface area contributed by atoms with Gasteiger partial charge in [0.05, 0.1) is 6.26 Å². The summed E-state index contributed by atoms with van der Waals surface area (Å²) in [5, 5.41) is 6.79. The molecule has 1 aromatic rings. The van der Waals surface area contributed by atoms with Crippen LogP contribution in [0.5, 0.6) is 0 Å². The molecule has 0 aromatic carbocycles. The van der Waals surface area contributed by atoms with Crippen LogP contribution >= 0.6 is 24.0 Å². The van der Waals surface area contributed by atoms with E-state index in [4.69, 9.17) is 9.15 Å². The number of hydrogen-bond donors (Lipinski definition) is 2. The molecule has 7 nitrogen and oxygen atoms in total. The van der Waals surface area contributed by atoms with Crippen molar-refractivity contribution in [2.45, 2.75) is 57.6 Å². The molecule has 0 spiro atoms. The molecule has 0 radical (unpaired) electrons. The van der Waals surface area contributed by atoms with Gasteiger partial charge in [-0.25, -0.2) is 0 Å². The van der Waals surface area contributed by atoms with Crippen LogP contribution in [0.25, 0.3) is 0 Å². The number of ether oxygens (including phenoxy) is 1. The number of guanidine groups is 1. The van der Waals surface area contributed by atoms with Crippen LogP contribution in [0.4, 0.5) is 0 Å². The monoisotopic (exact) mass is 518 g/mol. The molecule has 3 rings (SSSR count). The van der Waals surface area contributed by atoms with Gasteiger partial charge in [-0.3, -0.25) is 9.79 Å². The number of nitrogens with one attached hydrogen (secondary N) is 2. The first-order valence-electron chi connectivity index (χ1n) is 10.6. The van der Waals surface area contributed by atoms with Crippen molar-refractivity contribution < 1.29 is 13.9 Å². The summed E-state index contributed by atoms with van der Waals surface area (Å²) in [4.78, 5) is 19.0. The Morgan fingerprint density at radius 1 is 1.31 bits per heavy atom. The highest BCUT2D eigenvalue weighted by Crippen LogP contribution is 2.26. The van der Waals surface area contributed by atoms with Crippen LogP contribution in [0.15, 0.2) is 27.8 Å². The molecule has 8 heteroatoms. The molecule has 2 N–H and O–H groups in total. The molecule has 1 aliphatic carbocycles. The lowest BCUT2D eigenvalue weighted by Crippen LogP contribution is -2.45. The molecule has 1 saturated carbocycles. The summed E-state index contributed by atoms with van der Waals surface area (Å²) in [5.41, 5.74) is 0. The van der Waals surface area contributed by atoms with Crippen molar-refractivity contribution in [3.05, 3.63) is 24.2 Å². The third-order valence-electron chi connectivity index (χ3n) is 5.60. The predicted octanol–water partition coefficient (Wildman–Crippen LogP) is 3.15. The number of hydrogen-bond acceptors (Lipinski definition) is 4. The normalized spacial score (nSPS) is 20.4. The molecule has 2 aliphatic rings. The zero-order valence-electron chi connectivity index (χ0n) is 17.4. The number of amides is 1. The Bertz CT molecular complexity index is 617. The van der Waals surface area contributed by atoms with Crippen molar-refractivity contribution in [2.75, 3.05) is 33.3 Å². The Kier molecular flexibility index (Phi) is 10.8. The Morgan fingerprint density at radius 3 is 2.86 bits per heavy atom. The van der Waals surface area contributed by atoms with Crippen molar-refractivity contribution in [3.63, 3.8) is 0 Å². The van der Waals surface area contributed by atoms with Gasteiger partial charge < -0.3 is 24.7 Å². The van der Waals surface area contributed by atoms with Crippen molar-refractivity contribution in [1.29, 1.82) is 0 Å². The second kappa shape index (κ2) is 13.1. The average Bonchev–Trinajstić information content (AvgIpc) is 3.42. The third kappa shape index (κ3) is 7.81. The van der Waals surface area contributed by atoms with Crippen molar-refractivity contribution in [2.24, 2.45) is 10.9 Å². The minimum absolute atomic E-state index is 0. The number of carbonyl (C=O) groups is 1. The van der Waals surface area contributed by atoms with Gasteiger partial charge in [-0.2, -0.15) is 0 Å². The largest absolute Gasteiger partial charge is 0.467 e. The summed E-state index contributed by atoms with van der Waals surface area (Å²) < 4.78 is 10.8. The first-order chi connectivity index (χ1) is 13.8. The van der Waals surface area contributed by atoms with E-state index in [1.807, 2.05) is 17.0 Å². The molecule has 1 atom stereocenters. The zero-order chi connectivity index (χ0) is 19.6. The van der Waals surface area contributed by atoms with Crippen LogP contribution in [-0.4, -0.2) is 56.1 Å². The summed E-state index contributed by atoms with van der Waals surface area (Å²) in [6.45, 7) is 3.59. The van der Waals surface area contributed by atoms with Crippen LogP contribution in [0, 0.1) is 5.92 Å². The summed E-state index contributed by atoms with van der Waals surface area (Å²) in [6, 6.07) is 4.05. The summed E-state index contributed by atoms with van der Waals surface area (Å²) in [5.74, 6) is 2.26. The molecule has 2 fully saturated rings. The number of nitrogens with zero attached hydrogens (tertiary/aromatic N) is 2.